The molecule has 1 unspecified atom stereocenters. The molecule has 1 aliphatic rings. The highest BCUT2D eigenvalue weighted by atomic mass is 16.6. The third-order valence-electron chi connectivity index (χ3n) is 4.17. The Bertz CT molecular complexity index is 522. The summed E-state index contributed by atoms with van der Waals surface area (Å²) in [5, 5.41) is 6.70. The molecule has 0 radical (unpaired) electrons. The van der Waals surface area contributed by atoms with Crippen LogP contribution in [0.3, 0.4) is 0 Å². The zero-order chi connectivity index (χ0) is 16.3. The molecule has 22 heavy (non-hydrogen) atoms. The van der Waals surface area contributed by atoms with Crippen molar-refractivity contribution >= 4 is 11.8 Å². The first kappa shape index (κ1) is 16.7. The molecular formula is C18H28N2O2. The van der Waals surface area contributed by atoms with Crippen LogP contribution in [0.15, 0.2) is 24.3 Å². The highest BCUT2D eigenvalue weighted by Crippen LogP contribution is 2.39. The van der Waals surface area contributed by atoms with Crippen LogP contribution in [0, 0.1) is 5.92 Å². The maximum absolute atomic E-state index is 12.2. The van der Waals surface area contributed by atoms with Gasteiger partial charge in [0.1, 0.15) is 5.60 Å². The largest absolute Gasteiger partial charge is 0.444 e. The first-order chi connectivity index (χ1) is 10.4. The molecular weight excluding hydrogens is 276 g/mol. The average molecular weight is 304 g/mol. The molecule has 4 nitrogen and oxygen atoms in total. The smallest absolute Gasteiger partial charge is 0.408 e. The second-order valence-corrected chi connectivity index (χ2v) is 6.94. The number of hydrogen-bond donors (Lipinski definition) is 2. The lowest BCUT2D eigenvalue weighted by Gasteiger charge is -2.40. The molecule has 1 aliphatic heterocycles. The number of ether oxygens (including phenoxy) is 1. The van der Waals surface area contributed by atoms with E-state index in [2.05, 4.69) is 36.6 Å². The Morgan fingerprint density at radius 1 is 1.23 bits per heavy atom. The molecule has 0 aliphatic carbocycles. The summed E-state index contributed by atoms with van der Waals surface area (Å²) in [5.41, 5.74) is 1.77. The van der Waals surface area contributed by atoms with Crippen LogP contribution in [-0.4, -0.2) is 17.7 Å². The zero-order valence-electron chi connectivity index (χ0n) is 14.3. The van der Waals surface area contributed by atoms with E-state index in [1.807, 2.05) is 32.9 Å². The van der Waals surface area contributed by atoms with Crippen LogP contribution >= 0.6 is 0 Å². The van der Waals surface area contributed by atoms with Gasteiger partial charge in [0.05, 0.1) is 6.04 Å². The Labute approximate surface area is 133 Å². The number of amides is 1. The van der Waals surface area contributed by atoms with Crippen LogP contribution in [0.1, 0.15) is 59.1 Å². The molecule has 3 atom stereocenters. The number of carbonyl (C=O) groups excluding carboxylic acids is 1. The summed E-state index contributed by atoms with van der Waals surface area (Å²) in [6.07, 6.45) is 1.68. The molecule has 1 amide bonds. The van der Waals surface area contributed by atoms with Crippen molar-refractivity contribution in [3.8, 4) is 0 Å². The number of alkyl carbamates (subject to hydrolysis) is 1. The van der Waals surface area contributed by atoms with E-state index in [0.717, 1.165) is 24.1 Å². The van der Waals surface area contributed by atoms with Gasteiger partial charge in [0.15, 0.2) is 0 Å². The highest BCUT2D eigenvalue weighted by Gasteiger charge is 2.36. The van der Waals surface area contributed by atoms with Crippen molar-refractivity contribution in [2.45, 2.75) is 65.1 Å². The molecule has 0 aromatic heterocycles. The molecule has 122 valence electrons. The van der Waals surface area contributed by atoms with E-state index < -0.39 is 5.60 Å². The summed E-state index contributed by atoms with van der Waals surface area (Å²) >= 11 is 0. The second kappa shape index (κ2) is 6.59. The Morgan fingerprint density at radius 3 is 2.50 bits per heavy atom. The van der Waals surface area contributed by atoms with Crippen LogP contribution in [0.2, 0.25) is 0 Å². The summed E-state index contributed by atoms with van der Waals surface area (Å²) in [4.78, 5) is 12.2. The average Bonchev–Trinajstić information content (AvgIpc) is 2.44. The van der Waals surface area contributed by atoms with E-state index in [9.17, 15) is 4.79 Å². The number of rotatable bonds is 3. The third-order valence-corrected chi connectivity index (χ3v) is 4.17. The van der Waals surface area contributed by atoms with E-state index in [-0.39, 0.29) is 12.1 Å². The van der Waals surface area contributed by atoms with Gasteiger partial charge < -0.3 is 15.4 Å². The molecule has 1 aromatic rings. The SMILES string of the molecule is CC[C@@H]1Nc2ccccc2C(NC(=O)OC(C)(C)C)[C@H]1CC. The Balaban J connectivity index is 2.27. The number of para-hydroxylation sites is 1. The number of carbonyl (C=O) groups is 1. The van der Waals surface area contributed by atoms with Crippen molar-refractivity contribution in [2.24, 2.45) is 5.92 Å². The van der Waals surface area contributed by atoms with Crippen molar-refractivity contribution in [2.75, 3.05) is 5.32 Å². The Morgan fingerprint density at radius 2 is 1.91 bits per heavy atom. The summed E-state index contributed by atoms with van der Waals surface area (Å²) in [6.45, 7) is 10.0. The molecule has 2 rings (SSSR count). The minimum absolute atomic E-state index is 0.0118. The molecule has 2 N–H and O–H groups in total. The van der Waals surface area contributed by atoms with E-state index >= 15 is 0 Å². The summed E-state index contributed by atoms with van der Waals surface area (Å²) in [7, 11) is 0. The minimum atomic E-state index is -0.484. The normalized spacial score (nSPS) is 24.1. The monoisotopic (exact) mass is 304 g/mol. The predicted octanol–water partition coefficient (Wildman–Crippen LogP) is 4.48. The molecule has 0 fully saturated rings. The van der Waals surface area contributed by atoms with Gasteiger partial charge in [-0.25, -0.2) is 4.79 Å². The lowest BCUT2D eigenvalue weighted by molar-refractivity contribution is 0.0477. The van der Waals surface area contributed by atoms with Gasteiger partial charge in [0.2, 0.25) is 0 Å². The van der Waals surface area contributed by atoms with Crippen LogP contribution in [0.25, 0.3) is 0 Å². The molecule has 0 spiro atoms. The quantitative estimate of drug-likeness (QED) is 0.865. The molecule has 0 bridgehead atoms. The summed E-state index contributed by atoms with van der Waals surface area (Å²) < 4.78 is 5.45. The van der Waals surface area contributed by atoms with Crippen molar-refractivity contribution in [1.29, 1.82) is 0 Å². The Kier molecular flexibility index (Phi) is 4.99. The number of benzene rings is 1. The van der Waals surface area contributed by atoms with Gasteiger partial charge in [0, 0.05) is 17.6 Å². The minimum Gasteiger partial charge on any atom is -0.444 e. The lowest BCUT2D eigenvalue weighted by atomic mass is 9.80. The van der Waals surface area contributed by atoms with E-state index in [0.29, 0.717) is 12.0 Å². The number of anilines is 1. The van der Waals surface area contributed by atoms with Gasteiger partial charge in [-0.2, -0.15) is 0 Å². The fourth-order valence-corrected chi connectivity index (χ4v) is 3.21. The van der Waals surface area contributed by atoms with Gasteiger partial charge in [-0.15, -0.1) is 0 Å². The molecule has 1 aromatic carbocycles. The standard InChI is InChI=1S/C18H28N2O2/c1-6-12-14(7-2)19-15-11-9-8-10-13(15)16(12)20-17(21)22-18(3,4)5/h8-12,14,16,19H,6-7H2,1-5H3,(H,20,21)/t12-,14-,16?/m0/s1. The highest BCUT2D eigenvalue weighted by molar-refractivity contribution is 5.70. The predicted molar refractivity (Wildman–Crippen MR) is 90.0 cm³/mol. The van der Waals surface area contributed by atoms with E-state index in [4.69, 9.17) is 4.74 Å². The van der Waals surface area contributed by atoms with E-state index in [1.54, 1.807) is 0 Å². The van der Waals surface area contributed by atoms with Gasteiger partial charge >= 0.3 is 6.09 Å². The number of fused-ring (bicyclic) bond motifs is 1. The van der Waals surface area contributed by atoms with Crippen molar-refractivity contribution < 1.29 is 9.53 Å². The van der Waals surface area contributed by atoms with Gasteiger partial charge in [-0.1, -0.05) is 32.0 Å². The first-order valence-electron chi connectivity index (χ1n) is 8.20. The fourth-order valence-electron chi connectivity index (χ4n) is 3.21. The molecule has 4 heteroatoms. The first-order valence-corrected chi connectivity index (χ1v) is 8.20. The number of nitrogens with one attached hydrogen (secondary N) is 2. The maximum Gasteiger partial charge on any atom is 0.408 e. The lowest BCUT2D eigenvalue weighted by Crippen LogP contribution is -2.45. The summed E-state index contributed by atoms with van der Waals surface area (Å²) in [6, 6.07) is 8.55. The molecule has 0 saturated heterocycles. The van der Waals surface area contributed by atoms with Gasteiger partial charge in [0.25, 0.3) is 0 Å². The second-order valence-electron chi connectivity index (χ2n) is 6.94. The fraction of sp³-hybridized carbons (Fsp3) is 0.611. The molecule has 1 heterocycles. The van der Waals surface area contributed by atoms with Crippen LogP contribution in [0.5, 0.6) is 0 Å². The maximum atomic E-state index is 12.2. The van der Waals surface area contributed by atoms with Crippen molar-refractivity contribution in [3.63, 3.8) is 0 Å². The number of hydrogen-bond acceptors (Lipinski definition) is 3. The topological polar surface area (TPSA) is 50.4 Å². The van der Waals surface area contributed by atoms with E-state index in [1.165, 1.54) is 0 Å². The van der Waals surface area contributed by atoms with Gasteiger partial charge in [-0.05, 0) is 45.2 Å². The summed E-state index contributed by atoms with van der Waals surface area (Å²) in [5.74, 6) is 0.354. The van der Waals surface area contributed by atoms with Crippen LogP contribution in [-0.2, 0) is 4.74 Å². The van der Waals surface area contributed by atoms with Crippen LogP contribution in [0.4, 0.5) is 10.5 Å². The van der Waals surface area contributed by atoms with Gasteiger partial charge in [-0.3, -0.25) is 0 Å². The zero-order valence-corrected chi connectivity index (χ0v) is 14.3. The molecule has 0 saturated carbocycles. The Hall–Kier alpha value is -1.71. The van der Waals surface area contributed by atoms with Crippen molar-refractivity contribution in [1.82, 2.24) is 5.32 Å². The third kappa shape index (κ3) is 3.73. The van der Waals surface area contributed by atoms with Crippen molar-refractivity contribution in [3.05, 3.63) is 29.8 Å². The van der Waals surface area contributed by atoms with Crippen LogP contribution < -0.4 is 10.6 Å².